The van der Waals surface area contributed by atoms with Gasteiger partial charge in [-0.15, -0.1) is 13.2 Å². The zero-order valence-electron chi connectivity index (χ0n) is 16.5. The van der Waals surface area contributed by atoms with Gasteiger partial charge in [-0.25, -0.2) is 23.4 Å². The molecule has 0 fully saturated rings. The second-order valence-electron chi connectivity index (χ2n) is 6.41. The molecule has 2 heterocycles. The molecule has 0 spiro atoms. The topological polar surface area (TPSA) is 108 Å². The monoisotopic (exact) mass is 477 g/mol. The molecular formula is C20H14F3N5O4S. The number of imidazole rings is 1. The first-order valence-electron chi connectivity index (χ1n) is 9.15. The molecule has 4 aromatic rings. The Kier molecular flexibility index (Phi) is 5.87. The van der Waals surface area contributed by atoms with Gasteiger partial charge in [-0.05, 0) is 36.4 Å². The minimum Gasteiger partial charge on any atom is -0.439 e. The number of aromatic nitrogens is 4. The van der Waals surface area contributed by atoms with E-state index in [4.69, 9.17) is 4.74 Å². The van der Waals surface area contributed by atoms with Crippen LogP contribution in [0, 0.1) is 0 Å². The predicted molar refractivity (Wildman–Crippen MR) is 110 cm³/mol. The van der Waals surface area contributed by atoms with Crippen molar-refractivity contribution in [3.8, 4) is 23.2 Å². The fourth-order valence-electron chi connectivity index (χ4n) is 2.72. The zero-order valence-corrected chi connectivity index (χ0v) is 17.3. The summed E-state index contributed by atoms with van der Waals surface area (Å²) in [6.07, 6.45) is 1.13. The lowest BCUT2D eigenvalue weighted by molar-refractivity contribution is -0.275. The zero-order chi connectivity index (χ0) is 23.5. The number of anilines is 1. The van der Waals surface area contributed by atoms with E-state index in [1.54, 1.807) is 29.4 Å². The number of halogens is 3. The van der Waals surface area contributed by atoms with Crippen LogP contribution in [-0.2, 0) is 10.0 Å². The van der Waals surface area contributed by atoms with Gasteiger partial charge in [0, 0.05) is 24.1 Å². The largest absolute Gasteiger partial charge is 0.573 e. The molecule has 0 aliphatic heterocycles. The number of nitrogens with one attached hydrogen (secondary N) is 1. The maximum absolute atomic E-state index is 12.6. The van der Waals surface area contributed by atoms with Crippen molar-refractivity contribution in [3.63, 3.8) is 0 Å². The van der Waals surface area contributed by atoms with Gasteiger partial charge < -0.3 is 9.47 Å². The van der Waals surface area contributed by atoms with Crippen molar-refractivity contribution in [2.75, 3.05) is 4.72 Å². The summed E-state index contributed by atoms with van der Waals surface area (Å²) >= 11 is 0. The van der Waals surface area contributed by atoms with Crippen LogP contribution in [0.5, 0.6) is 17.4 Å². The van der Waals surface area contributed by atoms with E-state index in [9.17, 15) is 21.6 Å². The summed E-state index contributed by atoms with van der Waals surface area (Å²) in [5, 5.41) is 0. The molecule has 2 aromatic heterocycles. The van der Waals surface area contributed by atoms with Crippen molar-refractivity contribution in [2.24, 2.45) is 0 Å². The van der Waals surface area contributed by atoms with Gasteiger partial charge in [0.1, 0.15) is 34.9 Å². The van der Waals surface area contributed by atoms with E-state index in [0.717, 1.165) is 12.1 Å². The van der Waals surface area contributed by atoms with Crippen molar-refractivity contribution in [1.29, 1.82) is 0 Å². The molecule has 0 unspecified atom stereocenters. The number of hydrogen-bond acceptors (Lipinski definition) is 7. The average molecular weight is 477 g/mol. The van der Waals surface area contributed by atoms with Crippen LogP contribution in [0.4, 0.5) is 18.9 Å². The Morgan fingerprint density at radius 1 is 1.00 bits per heavy atom. The van der Waals surface area contributed by atoms with Gasteiger partial charge in [0.25, 0.3) is 10.0 Å². The third-order valence-corrected chi connectivity index (χ3v) is 5.51. The molecule has 9 nitrogen and oxygen atoms in total. The lowest BCUT2D eigenvalue weighted by Gasteiger charge is -2.14. The average Bonchev–Trinajstić information content (AvgIpc) is 3.29. The molecule has 0 saturated heterocycles. The quantitative estimate of drug-likeness (QED) is 0.426. The van der Waals surface area contributed by atoms with Crippen LogP contribution < -0.4 is 14.2 Å². The van der Waals surface area contributed by atoms with Crippen LogP contribution in [-0.4, -0.2) is 34.3 Å². The van der Waals surface area contributed by atoms with Crippen LogP contribution in [0.15, 0.2) is 84.5 Å². The van der Waals surface area contributed by atoms with Crippen molar-refractivity contribution in [1.82, 2.24) is 19.5 Å². The van der Waals surface area contributed by atoms with E-state index in [1.807, 2.05) is 0 Å². The Balaban J connectivity index is 1.49. The second-order valence-corrected chi connectivity index (χ2v) is 8.06. The van der Waals surface area contributed by atoms with Crippen molar-refractivity contribution in [3.05, 3.63) is 79.6 Å². The number of sulfonamides is 1. The minimum absolute atomic E-state index is 0.103. The maximum atomic E-state index is 12.6. The molecule has 0 aliphatic rings. The van der Waals surface area contributed by atoms with Crippen molar-refractivity contribution < 1.29 is 31.1 Å². The molecule has 0 bridgehead atoms. The lowest BCUT2D eigenvalue weighted by Crippen LogP contribution is -2.20. The smallest absolute Gasteiger partial charge is 0.439 e. The van der Waals surface area contributed by atoms with Gasteiger partial charge in [-0.3, -0.25) is 9.29 Å². The standard InChI is InChI=1S/C20H14F3N5O4S/c21-20(22,23)32-16-3-1-2-4-17(16)33(29,30)27-14-5-7-15(8-6-14)31-19-11-18(25-12-26-19)28-10-9-24-13-28/h1-13,27H. The van der Waals surface area contributed by atoms with Gasteiger partial charge in [0.05, 0.1) is 0 Å². The maximum Gasteiger partial charge on any atom is 0.573 e. The molecule has 1 N–H and O–H groups in total. The molecule has 0 aliphatic carbocycles. The number of hydrogen-bond donors (Lipinski definition) is 1. The second kappa shape index (κ2) is 8.78. The van der Waals surface area contributed by atoms with Gasteiger partial charge in [-0.2, -0.15) is 0 Å². The van der Waals surface area contributed by atoms with E-state index in [1.165, 1.54) is 42.7 Å². The summed E-state index contributed by atoms with van der Waals surface area (Å²) in [5.74, 6) is 0.269. The molecule has 170 valence electrons. The molecule has 0 saturated carbocycles. The normalized spacial score (nSPS) is 11.7. The van der Waals surface area contributed by atoms with Crippen molar-refractivity contribution in [2.45, 2.75) is 11.3 Å². The van der Waals surface area contributed by atoms with Crippen LogP contribution in [0.3, 0.4) is 0 Å². The third kappa shape index (κ3) is 5.57. The number of para-hydroxylation sites is 1. The van der Waals surface area contributed by atoms with Crippen LogP contribution in [0.1, 0.15) is 0 Å². The van der Waals surface area contributed by atoms with E-state index >= 15 is 0 Å². The van der Waals surface area contributed by atoms with Crippen LogP contribution >= 0.6 is 0 Å². The van der Waals surface area contributed by atoms with Gasteiger partial charge >= 0.3 is 6.36 Å². The molecule has 13 heteroatoms. The van der Waals surface area contributed by atoms with Gasteiger partial charge in [-0.1, -0.05) is 12.1 Å². The molecule has 2 aromatic carbocycles. The summed E-state index contributed by atoms with van der Waals surface area (Å²) in [5.41, 5.74) is 0.103. The Morgan fingerprint density at radius 2 is 1.76 bits per heavy atom. The first kappa shape index (κ1) is 22.1. The molecule has 0 amide bonds. The van der Waals surface area contributed by atoms with Crippen LogP contribution in [0.25, 0.3) is 5.82 Å². The molecule has 0 radical (unpaired) electrons. The molecule has 4 rings (SSSR count). The van der Waals surface area contributed by atoms with E-state index in [-0.39, 0.29) is 11.6 Å². The fraction of sp³-hybridized carbons (Fsp3) is 0.0500. The summed E-state index contributed by atoms with van der Waals surface area (Å²) < 4.78 is 76.4. The molecular weight excluding hydrogens is 463 g/mol. The van der Waals surface area contributed by atoms with Gasteiger partial charge in [0.2, 0.25) is 5.88 Å². The third-order valence-electron chi connectivity index (χ3n) is 4.09. The van der Waals surface area contributed by atoms with Crippen LogP contribution in [0.2, 0.25) is 0 Å². The predicted octanol–water partition coefficient (Wildman–Crippen LogP) is 4.15. The van der Waals surface area contributed by atoms with E-state index < -0.39 is 27.0 Å². The van der Waals surface area contributed by atoms with Gasteiger partial charge in [0.15, 0.2) is 0 Å². The van der Waals surface area contributed by atoms with E-state index in [0.29, 0.717) is 11.6 Å². The fourth-order valence-corrected chi connectivity index (χ4v) is 3.91. The SMILES string of the molecule is O=S(=O)(Nc1ccc(Oc2cc(-n3ccnc3)ncn2)cc1)c1ccccc1OC(F)(F)F. The first-order chi connectivity index (χ1) is 15.7. The van der Waals surface area contributed by atoms with Crippen molar-refractivity contribution >= 4 is 15.7 Å². The lowest BCUT2D eigenvalue weighted by atomic mass is 10.3. The minimum atomic E-state index is -5.04. The Bertz CT molecular complexity index is 1340. The highest BCUT2D eigenvalue weighted by atomic mass is 32.2. The highest BCUT2D eigenvalue weighted by Crippen LogP contribution is 2.31. The highest BCUT2D eigenvalue weighted by molar-refractivity contribution is 7.92. The number of alkyl halides is 3. The number of nitrogens with zero attached hydrogens (tertiary/aromatic N) is 4. The first-order valence-corrected chi connectivity index (χ1v) is 10.6. The Morgan fingerprint density at radius 3 is 2.45 bits per heavy atom. The van der Waals surface area contributed by atoms with E-state index in [2.05, 4.69) is 24.4 Å². The number of rotatable bonds is 7. The number of ether oxygens (including phenoxy) is 2. The Labute approximate surface area is 185 Å². The molecule has 0 atom stereocenters. The highest BCUT2D eigenvalue weighted by Gasteiger charge is 2.34. The summed E-state index contributed by atoms with van der Waals surface area (Å²) in [4.78, 5) is 11.4. The molecule has 33 heavy (non-hydrogen) atoms. The summed E-state index contributed by atoms with van der Waals surface area (Å²) in [6, 6.07) is 11.7. The number of benzene rings is 2. The summed E-state index contributed by atoms with van der Waals surface area (Å²) in [7, 11) is -4.36. The Hall–Kier alpha value is -4.13. The summed E-state index contributed by atoms with van der Waals surface area (Å²) in [6.45, 7) is 0.